The molecule has 0 aliphatic heterocycles. The predicted molar refractivity (Wildman–Crippen MR) is 157 cm³/mol. The molecule has 0 fully saturated rings. The van der Waals surface area contributed by atoms with Gasteiger partial charge in [-0.2, -0.15) is 0 Å². The van der Waals surface area contributed by atoms with E-state index in [1.54, 1.807) is 0 Å². The quantitative estimate of drug-likeness (QED) is 0.0651. The first-order valence-electron chi connectivity index (χ1n) is 15.1. The molecule has 0 aliphatic carbocycles. The predicted octanol–water partition coefficient (Wildman–Crippen LogP) is 10.2. The van der Waals surface area contributed by atoms with Crippen molar-refractivity contribution in [3.8, 4) is 0 Å². The molecule has 1 aromatic carbocycles. The Labute approximate surface area is 234 Å². The summed E-state index contributed by atoms with van der Waals surface area (Å²) in [4.78, 5) is 6.04. The van der Waals surface area contributed by atoms with E-state index in [1.165, 1.54) is 108 Å². The second kappa shape index (κ2) is 23.6. The lowest BCUT2D eigenvalue weighted by Gasteiger charge is -2.04. The molecule has 0 saturated heterocycles. The lowest BCUT2D eigenvalue weighted by atomic mass is 10.0. The van der Waals surface area contributed by atoms with Crippen LogP contribution in [0, 0.1) is 0 Å². The Balaban J connectivity index is 0.00000139. The summed E-state index contributed by atoms with van der Waals surface area (Å²) in [5.41, 5.74) is 2.42. The maximum absolute atomic E-state index is 9.75. The Morgan fingerprint density at radius 2 is 1.10 bits per heavy atom. The van der Waals surface area contributed by atoms with E-state index >= 15 is 0 Å². The molecular weight excluding hydrogens is 501 g/mol. The average molecular weight is 552 g/mol. The Kier molecular flexibility index (Phi) is 21.0. The van der Waals surface area contributed by atoms with Crippen molar-refractivity contribution in [3.63, 3.8) is 0 Å². The molecule has 0 radical (unpaired) electrons. The number of aromatic nitrogens is 1. The van der Waals surface area contributed by atoms with Crippen LogP contribution in [0.5, 0.6) is 0 Å². The molecular formula is C32H50BF4NO. The largest absolute Gasteiger partial charge is 0.673 e. The summed E-state index contributed by atoms with van der Waals surface area (Å²) in [6.07, 6.45) is 29.6. The van der Waals surface area contributed by atoms with Crippen LogP contribution >= 0.6 is 0 Å². The molecule has 1 aromatic heterocycles. The van der Waals surface area contributed by atoms with Gasteiger partial charge in [0.05, 0.1) is 6.42 Å². The fourth-order valence-electron chi connectivity index (χ4n) is 4.44. The van der Waals surface area contributed by atoms with Crippen molar-refractivity contribution in [1.29, 1.82) is 0 Å². The zero-order valence-corrected chi connectivity index (χ0v) is 24.0. The van der Waals surface area contributed by atoms with E-state index in [0.717, 1.165) is 19.4 Å². The van der Waals surface area contributed by atoms with Gasteiger partial charge in [0.15, 0.2) is 6.61 Å². The number of halogens is 4. The van der Waals surface area contributed by atoms with E-state index in [2.05, 4.69) is 61.5 Å². The standard InChI is InChI=1S/C32H50NO.BF4/c1-2-3-4-5-6-7-8-9-10-11-12-13-14-15-16-22-30-34-33-29-21-20-27-32(33)28-23-26-31-24-18-17-19-25-31;2-1(3,4)5/h17-21,23-27,29H,2-16,22,28,30H2,1H3;/q+1;-1. The Bertz CT molecular complexity index is 840. The molecule has 1 heterocycles. The summed E-state index contributed by atoms with van der Waals surface area (Å²) in [7, 11) is -6.00. The molecule has 0 amide bonds. The molecule has 0 spiro atoms. The fraction of sp³-hybridized carbons (Fsp3) is 0.594. The van der Waals surface area contributed by atoms with Crippen molar-refractivity contribution in [1.82, 2.24) is 0 Å². The molecule has 0 unspecified atom stereocenters. The van der Waals surface area contributed by atoms with Crippen molar-refractivity contribution in [2.45, 2.75) is 116 Å². The van der Waals surface area contributed by atoms with Crippen LogP contribution in [0.1, 0.15) is 121 Å². The van der Waals surface area contributed by atoms with Crippen LogP contribution in [0.25, 0.3) is 6.08 Å². The number of benzene rings is 1. The van der Waals surface area contributed by atoms with E-state index in [0.29, 0.717) is 0 Å². The molecule has 0 saturated carbocycles. The van der Waals surface area contributed by atoms with Crippen LogP contribution in [0.15, 0.2) is 60.8 Å². The third-order valence-electron chi connectivity index (χ3n) is 6.57. The highest BCUT2D eigenvalue weighted by atomic mass is 19.5. The van der Waals surface area contributed by atoms with Crippen LogP contribution in [0.3, 0.4) is 0 Å². The van der Waals surface area contributed by atoms with Gasteiger partial charge in [-0.25, -0.2) is 0 Å². The highest BCUT2D eigenvalue weighted by molar-refractivity contribution is 6.50. The maximum Gasteiger partial charge on any atom is 0.673 e. The van der Waals surface area contributed by atoms with Crippen LogP contribution in [-0.4, -0.2) is 13.9 Å². The first-order chi connectivity index (χ1) is 18.9. The number of hydrogen-bond acceptors (Lipinski definition) is 1. The summed E-state index contributed by atoms with van der Waals surface area (Å²) in [5, 5.41) is 0. The Hall–Kier alpha value is -2.31. The summed E-state index contributed by atoms with van der Waals surface area (Å²) in [6, 6.07) is 16.7. The minimum atomic E-state index is -6.00. The first-order valence-corrected chi connectivity index (χ1v) is 15.1. The number of rotatable bonds is 21. The van der Waals surface area contributed by atoms with Crippen molar-refractivity contribution >= 4 is 13.3 Å². The first kappa shape index (κ1) is 34.7. The van der Waals surface area contributed by atoms with Gasteiger partial charge in [-0.15, -0.1) is 0 Å². The van der Waals surface area contributed by atoms with E-state index in [9.17, 15) is 17.3 Å². The van der Waals surface area contributed by atoms with Crippen molar-refractivity contribution in [3.05, 3.63) is 72.1 Å². The van der Waals surface area contributed by atoms with Gasteiger partial charge >= 0.3 is 7.25 Å². The highest BCUT2D eigenvalue weighted by Gasteiger charge is 2.20. The van der Waals surface area contributed by atoms with Crippen LogP contribution in [0.2, 0.25) is 0 Å². The minimum Gasteiger partial charge on any atom is -0.418 e. The van der Waals surface area contributed by atoms with E-state index in [1.807, 2.05) is 17.0 Å². The third-order valence-corrected chi connectivity index (χ3v) is 6.57. The normalized spacial score (nSPS) is 11.4. The van der Waals surface area contributed by atoms with Gasteiger partial charge in [-0.1, -0.05) is 139 Å². The Morgan fingerprint density at radius 3 is 1.62 bits per heavy atom. The van der Waals surface area contributed by atoms with Crippen LogP contribution in [-0.2, 0) is 6.42 Å². The average Bonchev–Trinajstić information content (AvgIpc) is 2.91. The smallest absolute Gasteiger partial charge is 0.418 e. The molecule has 7 heteroatoms. The maximum atomic E-state index is 9.75. The minimum absolute atomic E-state index is 0.794. The molecule has 0 aliphatic rings. The van der Waals surface area contributed by atoms with Gasteiger partial charge in [0, 0.05) is 16.9 Å². The Morgan fingerprint density at radius 1 is 0.641 bits per heavy atom. The summed E-state index contributed by atoms with van der Waals surface area (Å²) in [6.45, 7) is 3.09. The molecule has 39 heavy (non-hydrogen) atoms. The summed E-state index contributed by atoms with van der Waals surface area (Å²) >= 11 is 0. The monoisotopic (exact) mass is 551 g/mol. The van der Waals surface area contributed by atoms with Gasteiger partial charge in [-0.05, 0) is 24.5 Å². The number of hydrogen-bond donors (Lipinski definition) is 0. The van der Waals surface area contributed by atoms with Crippen LogP contribution in [0.4, 0.5) is 17.3 Å². The SMILES string of the molecule is CCCCCCCCCCCCCCCCCCO[n+]1ccccc1CC=Cc1ccccc1.F[B-](F)(F)F. The van der Waals surface area contributed by atoms with E-state index in [4.69, 9.17) is 4.84 Å². The van der Waals surface area contributed by atoms with Gasteiger partial charge < -0.3 is 17.3 Å². The van der Waals surface area contributed by atoms with Crippen molar-refractivity contribution < 1.29 is 26.8 Å². The van der Waals surface area contributed by atoms with E-state index < -0.39 is 7.25 Å². The van der Waals surface area contributed by atoms with Crippen LogP contribution < -0.4 is 9.57 Å². The van der Waals surface area contributed by atoms with Gasteiger partial charge in [0.2, 0.25) is 11.9 Å². The highest BCUT2D eigenvalue weighted by Crippen LogP contribution is 2.13. The third kappa shape index (κ3) is 23.3. The molecule has 2 rings (SSSR count). The van der Waals surface area contributed by atoms with Gasteiger partial charge in [0.25, 0.3) is 0 Å². The molecule has 0 N–H and O–H groups in total. The topological polar surface area (TPSA) is 13.1 Å². The lowest BCUT2D eigenvalue weighted by molar-refractivity contribution is -0.896. The molecule has 0 atom stereocenters. The van der Waals surface area contributed by atoms with Crippen molar-refractivity contribution in [2.24, 2.45) is 0 Å². The number of pyridine rings is 1. The lowest BCUT2D eigenvalue weighted by Crippen LogP contribution is -2.46. The van der Waals surface area contributed by atoms with Gasteiger partial charge in [0.1, 0.15) is 0 Å². The zero-order valence-electron chi connectivity index (χ0n) is 24.0. The number of unbranched alkanes of at least 4 members (excludes halogenated alkanes) is 15. The molecule has 0 bridgehead atoms. The number of allylic oxidation sites excluding steroid dienone is 1. The molecule has 2 nitrogen and oxygen atoms in total. The molecule has 2 aromatic rings. The summed E-state index contributed by atoms with van der Waals surface area (Å²) < 4.78 is 40.9. The van der Waals surface area contributed by atoms with Crippen molar-refractivity contribution in [2.75, 3.05) is 6.61 Å². The van der Waals surface area contributed by atoms with E-state index in [-0.39, 0.29) is 0 Å². The number of nitrogens with zero attached hydrogens (tertiary/aromatic N) is 1. The fourth-order valence-corrected chi connectivity index (χ4v) is 4.44. The molecule has 220 valence electrons. The zero-order chi connectivity index (χ0) is 28.4. The summed E-state index contributed by atoms with van der Waals surface area (Å²) in [5.74, 6) is 0. The second-order valence-corrected chi connectivity index (χ2v) is 10.2. The van der Waals surface area contributed by atoms with Gasteiger partial charge in [-0.3, -0.25) is 4.84 Å². The second-order valence-electron chi connectivity index (χ2n) is 10.2.